The van der Waals surface area contributed by atoms with Crippen molar-refractivity contribution in [2.24, 2.45) is 0 Å². The third kappa shape index (κ3) is 3.23. The van der Waals surface area contributed by atoms with Crippen molar-refractivity contribution in [1.82, 2.24) is 9.97 Å². The molecule has 4 rings (SSSR count). The second-order valence-corrected chi connectivity index (χ2v) is 7.59. The molecule has 25 heavy (non-hydrogen) atoms. The molecule has 0 aliphatic carbocycles. The summed E-state index contributed by atoms with van der Waals surface area (Å²) >= 11 is 7.84. The predicted molar refractivity (Wildman–Crippen MR) is 107 cm³/mol. The van der Waals surface area contributed by atoms with Gasteiger partial charge in [0.2, 0.25) is 0 Å². The quantitative estimate of drug-likeness (QED) is 0.458. The summed E-state index contributed by atoms with van der Waals surface area (Å²) in [4.78, 5) is 11.7. The molecule has 1 N–H and O–H groups in total. The van der Waals surface area contributed by atoms with Crippen molar-refractivity contribution in [3.63, 3.8) is 0 Å². The monoisotopic (exact) mass is 365 g/mol. The van der Waals surface area contributed by atoms with Crippen LogP contribution in [0.3, 0.4) is 0 Å². The third-order valence-electron chi connectivity index (χ3n) is 4.00. The van der Waals surface area contributed by atoms with Gasteiger partial charge >= 0.3 is 0 Å². The molecule has 4 aromatic rings. The van der Waals surface area contributed by atoms with Crippen molar-refractivity contribution in [1.29, 1.82) is 0 Å². The first-order valence-corrected chi connectivity index (χ1v) is 9.16. The number of thiophene rings is 1. The molecule has 2 heterocycles. The average Bonchev–Trinajstić information content (AvgIpc) is 2.99. The third-order valence-corrected chi connectivity index (χ3v) is 5.18. The van der Waals surface area contributed by atoms with Crippen LogP contribution in [0.4, 0.5) is 11.5 Å². The van der Waals surface area contributed by atoms with Gasteiger partial charge in [0, 0.05) is 21.2 Å². The maximum atomic E-state index is 6.16. The molecule has 0 spiro atoms. The van der Waals surface area contributed by atoms with Crippen LogP contribution in [0.5, 0.6) is 0 Å². The van der Waals surface area contributed by atoms with Crippen LogP contribution >= 0.6 is 22.9 Å². The number of halogens is 1. The minimum atomic E-state index is 0.697. The molecule has 0 radical (unpaired) electrons. The van der Waals surface area contributed by atoms with E-state index in [0.717, 1.165) is 38.7 Å². The lowest BCUT2D eigenvalue weighted by molar-refractivity contribution is 1.23. The summed E-state index contributed by atoms with van der Waals surface area (Å²) in [5.74, 6) is 1.52. The topological polar surface area (TPSA) is 37.8 Å². The number of benzene rings is 2. The fourth-order valence-electron chi connectivity index (χ4n) is 2.71. The molecular weight excluding hydrogens is 350 g/mol. The number of hydrogen-bond acceptors (Lipinski definition) is 4. The average molecular weight is 366 g/mol. The number of nitrogens with zero attached hydrogens (tertiary/aromatic N) is 2. The zero-order valence-corrected chi connectivity index (χ0v) is 15.4. The van der Waals surface area contributed by atoms with Crippen LogP contribution in [-0.4, -0.2) is 9.97 Å². The van der Waals surface area contributed by atoms with Gasteiger partial charge in [-0.3, -0.25) is 0 Å². The summed E-state index contributed by atoms with van der Waals surface area (Å²) < 4.78 is 0. The molecule has 0 atom stereocenters. The summed E-state index contributed by atoms with van der Waals surface area (Å²) in [6, 6.07) is 18.0. The Balaban J connectivity index is 1.88. The maximum Gasteiger partial charge on any atom is 0.163 e. The normalized spacial score (nSPS) is 11.0. The number of fused-ring (bicyclic) bond motifs is 1. The van der Waals surface area contributed by atoms with Gasteiger partial charge < -0.3 is 5.32 Å². The molecule has 2 aromatic carbocycles. The Morgan fingerprint density at radius 2 is 1.76 bits per heavy atom. The second-order valence-electron chi connectivity index (χ2n) is 5.92. The van der Waals surface area contributed by atoms with Crippen LogP contribution in [-0.2, 0) is 0 Å². The number of hydrogen-bond donors (Lipinski definition) is 1. The zero-order chi connectivity index (χ0) is 17.4. The van der Waals surface area contributed by atoms with Crippen LogP contribution in [0.15, 0.2) is 54.6 Å². The van der Waals surface area contributed by atoms with Gasteiger partial charge in [0.05, 0.1) is 5.39 Å². The van der Waals surface area contributed by atoms with Gasteiger partial charge in [-0.1, -0.05) is 48.0 Å². The van der Waals surface area contributed by atoms with Crippen molar-refractivity contribution < 1.29 is 0 Å². The number of anilines is 2. The molecular formula is C20H16ClN3S. The zero-order valence-electron chi connectivity index (χ0n) is 13.9. The summed E-state index contributed by atoms with van der Waals surface area (Å²) in [5, 5.41) is 5.18. The highest BCUT2D eigenvalue weighted by Gasteiger charge is 2.13. The summed E-state index contributed by atoms with van der Waals surface area (Å²) in [7, 11) is 0. The summed E-state index contributed by atoms with van der Waals surface area (Å²) in [5.41, 5.74) is 3.07. The molecule has 0 saturated carbocycles. The van der Waals surface area contributed by atoms with Crippen LogP contribution in [0.1, 0.15) is 10.4 Å². The van der Waals surface area contributed by atoms with Crippen molar-refractivity contribution in [3.8, 4) is 11.4 Å². The van der Waals surface area contributed by atoms with Crippen molar-refractivity contribution >= 4 is 44.7 Å². The van der Waals surface area contributed by atoms with Gasteiger partial charge in [0.15, 0.2) is 5.82 Å². The molecule has 5 heteroatoms. The lowest BCUT2D eigenvalue weighted by Gasteiger charge is -2.11. The lowest BCUT2D eigenvalue weighted by Crippen LogP contribution is -1.99. The first-order chi connectivity index (χ1) is 12.1. The van der Waals surface area contributed by atoms with E-state index in [1.165, 1.54) is 4.88 Å². The van der Waals surface area contributed by atoms with Gasteiger partial charge in [-0.05, 0) is 37.6 Å². The van der Waals surface area contributed by atoms with Crippen LogP contribution in [0, 0.1) is 13.8 Å². The molecule has 0 aliphatic rings. The highest BCUT2D eigenvalue weighted by Crippen LogP contribution is 2.33. The minimum absolute atomic E-state index is 0.697. The Hall–Kier alpha value is -2.43. The van der Waals surface area contributed by atoms with Crippen LogP contribution in [0.25, 0.3) is 21.6 Å². The molecule has 0 fully saturated rings. The smallest absolute Gasteiger partial charge is 0.163 e. The van der Waals surface area contributed by atoms with Crippen LogP contribution in [0.2, 0.25) is 5.02 Å². The van der Waals surface area contributed by atoms with Crippen molar-refractivity contribution in [2.45, 2.75) is 13.8 Å². The number of nitrogens with one attached hydrogen (secondary N) is 1. The van der Waals surface area contributed by atoms with Gasteiger partial charge in [0.1, 0.15) is 10.6 Å². The molecule has 2 aromatic heterocycles. The number of aromatic nitrogens is 2. The lowest BCUT2D eigenvalue weighted by atomic mass is 10.2. The van der Waals surface area contributed by atoms with Gasteiger partial charge in [-0.25, -0.2) is 9.97 Å². The highest BCUT2D eigenvalue weighted by atomic mass is 35.5. The molecule has 0 aliphatic heterocycles. The van der Waals surface area contributed by atoms with E-state index in [0.29, 0.717) is 5.02 Å². The first-order valence-electron chi connectivity index (χ1n) is 7.97. The molecule has 0 bridgehead atoms. The van der Waals surface area contributed by atoms with E-state index in [1.807, 2.05) is 55.5 Å². The summed E-state index contributed by atoms with van der Waals surface area (Å²) in [6.45, 7) is 4.14. The van der Waals surface area contributed by atoms with E-state index in [1.54, 1.807) is 11.3 Å². The fourth-order valence-corrected chi connectivity index (χ4v) is 3.76. The largest absolute Gasteiger partial charge is 0.339 e. The Morgan fingerprint density at radius 3 is 2.56 bits per heavy atom. The molecule has 0 unspecified atom stereocenters. The minimum Gasteiger partial charge on any atom is -0.339 e. The van der Waals surface area contributed by atoms with E-state index in [2.05, 4.69) is 18.3 Å². The van der Waals surface area contributed by atoms with Gasteiger partial charge in [0.25, 0.3) is 0 Å². The molecule has 124 valence electrons. The molecule has 0 saturated heterocycles. The van der Waals surface area contributed by atoms with E-state index in [4.69, 9.17) is 21.6 Å². The molecule has 0 amide bonds. The van der Waals surface area contributed by atoms with Crippen molar-refractivity contribution in [2.75, 3.05) is 5.32 Å². The first kappa shape index (κ1) is 16.1. The highest BCUT2D eigenvalue weighted by molar-refractivity contribution is 7.18. The van der Waals surface area contributed by atoms with Crippen LogP contribution < -0.4 is 5.32 Å². The Morgan fingerprint density at radius 1 is 0.960 bits per heavy atom. The van der Waals surface area contributed by atoms with E-state index >= 15 is 0 Å². The SMILES string of the molecule is Cc1cc2c(Nc3cc(Cl)ccc3C)nc(-c3ccccc3)nc2s1. The fraction of sp³-hybridized carbons (Fsp3) is 0.100. The van der Waals surface area contributed by atoms with Gasteiger partial charge in [-0.15, -0.1) is 11.3 Å². The Kier molecular flexibility index (Phi) is 4.15. The van der Waals surface area contributed by atoms with E-state index in [9.17, 15) is 0 Å². The van der Waals surface area contributed by atoms with Gasteiger partial charge in [-0.2, -0.15) is 0 Å². The Bertz CT molecular complexity index is 1060. The number of aryl methyl sites for hydroxylation is 2. The second kappa shape index (κ2) is 6.47. The van der Waals surface area contributed by atoms with E-state index in [-0.39, 0.29) is 0 Å². The summed E-state index contributed by atoms with van der Waals surface area (Å²) in [6.07, 6.45) is 0. The predicted octanol–water partition coefficient (Wildman–Crippen LogP) is 6.37. The maximum absolute atomic E-state index is 6.16. The number of rotatable bonds is 3. The van der Waals surface area contributed by atoms with E-state index < -0.39 is 0 Å². The van der Waals surface area contributed by atoms with Crippen molar-refractivity contribution in [3.05, 3.63) is 70.1 Å². The Labute approximate surface area is 155 Å². The molecule has 3 nitrogen and oxygen atoms in total. The standard InChI is InChI=1S/C20H16ClN3S/c1-12-8-9-15(21)11-17(12)22-19-16-10-13(2)25-20(16)24-18(23-19)14-6-4-3-5-7-14/h3-11H,1-2H3,(H,22,23,24).